The van der Waals surface area contributed by atoms with Gasteiger partial charge in [-0.25, -0.2) is 9.97 Å². The normalized spacial score (nSPS) is 16.7. The van der Waals surface area contributed by atoms with Gasteiger partial charge in [-0.3, -0.25) is 9.69 Å². The molecule has 3 aromatic rings. The van der Waals surface area contributed by atoms with Crippen LogP contribution in [0.15, 0.2) is 42.9 Å². The van der Waals surface area contributed by atoms with Crippen molar-refractivity contribution in [2.24, 2.45) is 5.73 Å². The van der Waals surface area contributed by atoms with Gasteiger partial charge < -0.3 is 10.6 Å². The molecule has 1 amide bonds. The Kier molecular flexibility index (Phi) is 5.58. The molecule has 1 unspecified atom stereocenters. The predicted molar refractivity (Wildman–Crippen MR) is 117 cm³/mol. The van der Waals surface area contributed by atoms with Gasteiger partial charge in [-0.15, -0.1) is 0 Å². The maximum Gasteiger partial charge on any atom is 0.250 e. The SMILES string of the molecule is CN(Cc1ccc(Cl)c(Cl)c1)C1CCN(c2ccc(C(N)=O)c3ncncc23)C1. The fraction of sp³-hybridized carbons (Fsp3) is 0.286. The molecule has 1 aliphatic rings. The van der Waals surface area contributed by atoms with Gasteiger partial charge in [0.25, 0.3) is 5.91 Å². The lowest BCUT2D eigenvalue weighted by Crippen LogP contribution is -2.34. The summed E-state index contributed by atoms with van der Waals surface area (Å²) in [4.78, 5) is 24.8. The number of aromatic nitrogens is 2. The minimum atomic E-state index is -0.485. The molecule has 1 aliphatic heterocycles. The van der Waals surface area contributed by atoms with E-state index in [-0.39, 0.29) is 0 Å². The zero-order valence-corrected chi connectivity index (χ0v) is 17.5. The number of anilines is 1. The maximum absolute atomic E-state index is 11.7. The van der Waals surface area contributed by atoms with Gasteiger partial charge in [0, 0.05) is 42.9 Å². The summed E-state index contributed by atoms with van der Waals surface area (Å²) in [7, 11) is 2.12. The van der Waals surface area contributed by atoms with Crippen molar-refractivity contribution in [3.8, 4) is 0 Å². The molecule has 1 saturated heterocycles. The van der Waals surface area contributed by atoms with Crippen LogP contribution in [0, 0.1) is 0 Å². The number of hydrogen-bond donors (Lipinski definition) is 1. The van der Waals surface area contributed by atoms with Crippen LogP contribution in [0.25, 0.3) is 10.9 Å². The molecule has 0 spiro atoms. The number of primary amides is 1. The zero-order chi connectivity index (χ0) is 20.5. The highest BCUT2D eigenvalue weighted by molar-refractivity contribution is 6.42. The molecule has 1 atom stereocenters. The molecule has 2 N–H and O–H groups in total. The first kappa shape index (κ1) is 19.9. The Labute approximate surface area is 179 Å². The van der Waals surface area contributed by atoms with Gasteiger partial charge in [0.15, 0.2) is 0 Å². The molecule has 2 aromatic carbocycles. The van der Waals surface area contributed by atoms with Gasteiger partial charge in [0.05, 0.1) is 21.1 Å². The fourth-order valence-corrected chi connectivity index (χ4v) is 4.23. The monoisotopic (exact) mass is 429 g/mol. The maximum atomic E-state index is 11.7. The van der Waals surface area contributed by atoms with E-state index in [1.807, 2.05) is 24.3 Å². The number of halogens is 2. The van der Waals surface area contributed by atoms with Crippen LogP contribution in [0.4, 0.5) is 5.69 Å². The van der Waals surface area contributed by atoms with Gasteiger partial charge in [-0.05, 0) is 43.3 Å². The quantitative estimate of drug-likeness (QED) is 0.668. The van der Waals surface area contributed by atoms with Gasteiger partial charge in [0.1, 0.15) is 6.33 Å². The topological polar surface area (TPSA) is 75.3 Å². The van der Waals surface area contributed by atoms with E-state index in [1.165, 1.54) is 6.33 Å². The van der Waals surface area contributed by atoms with E-state index in [0.717, 1.165) is 42.7 Å². The van der Waals surface area contributed by atoms with Gasteiger partial charge in [-0.2, -0.15) is 0 Å². The second-order valence-corrected chi connectivity index (χ2v) is 8.15. The van der Waals surface area contributed by atoms with Crippen molar-refractivity contribution < 1.29 is 4.79 Å². The summed E-state index contributed by atoms with van der Waals surface area (Å²) in [5.41, 5.74) is 8.67. The Morgan fingerprint density at radius 2 is 2.10 bits per heavy atom. The van der Waals surface area contributed by atoms with Crippen molar-refractivity contribution in [1.82, 2.24) is 14.9 Å². The molecule has 29 heavy (non-hydrogen) atoms. The standard InChI is InChI=1S/C21H21Cl2N5O/c1-27(10-13-2-4-17(22)18(23)8-13)14-6-7-28(11-14)19-5-3-15(21(24)29)20-16(19)9-25-12-26-20/h2-5,8-9,12,14H,6-7,10-11H2,1H3,(H2,24,29). The highest BCUT2D eigenvalue weighted by atomic mass is 35.5. The molecular formula is C21H21Cl2N5O. The van der Waals surface area contributed by atoms with E-state index in [0.29, 0.717) is 27.2 Å². The first-order valence-corrected chi connectivity index (χ1v) is 10.1. The number of rotatable bonds is 5. The summed E-state index contributed by atoms with van der Waals surface area (Å²) in [6, 6.07) is 9.83. The summed E-state index contributed by atoms with van der Waals surface area (Å²) in [6.07, 6.45) is 4.22. The van der Waals surface area contributed by atoms with E-state index in [9.17, 15) is 4.79 Å². The molecule has 1 fully saturated rings. The largest absolute Gasteiger partial charge is 0.369 e. The third kappa shape index (κ3) is 4.01. The van der Waals surface area contributed by atoms with Crippen molar-refractivity contribution in [1.29, 1.82) is 0 Å². The van der Waals surface area contributed by atoms with Crippen LogP contribution in [-0.4, -0.2) is 47.0 Å². The molecular weight excluding hydrogens is 409 g/mol. The highest BCUT2D eigenvalue weighted by Gasteiger charge is 2.27. The number of benzene rings is 2. The van der Waals surface area contributed by atoms with E-state index in [4.69, 9.17) is 28.9 Å². The molecule has 2 heterocycles. The van der Waals surface area contributed by atoms with Crippen LogP contribution in [-0.2, 0) is 6.54 Å². The molecule has 0 saturated carbocycles. The lowest BCUT2D eigenvalue weighted by molar-refractivity contribution is 0.100. The van der Waals surface area contributed by atoms with Crippen molar-refractivity contribution in [2.75, 3.05) is 25.0 Å². The molecule has 150 valence electrons. The fourth-order valence-electron chi connectivity index (χ4n) is 3.91. The third-order valence-corrected chi connectivity index (χ3v) is 6.20. The van der Waals surface area contributed by atoms with E-state index >= 15 is 0 Å². The summed E-state index contributed by atoms with van der Waals surface area (Å²) in [6.45, 7) is 2.58. The first-order chi connectivity index (χ1) is 13.9. The van der Waals surface area contributed by atoms with Crippen LogP contribution in [0.3, 0.4) is 0 Å². The van der Waals surface area contributed by atoms with Crippen LogP contribution in [0.2, 0.25) is 10.0 Å². The molecule has 0 aliphatic carbocycles. The average molecular weight is 430 g/mol. The van der Waals surface area contributed by atoms with Crippen molar-refractivity contribution >= 4 is 45.7 Å². The summed E-state index contributed by atoms with van der Waals surface area (Å²) >= 11 is 12.2. The van der Waals surface area contributed by atoms with Crippen molar-refractivity contribution in [2.45, 2.75) is 19.0 Å². The molecule has 1 aromatic heterocycles. The number of nitrogens with two attached hydrogens (primary N) is 1. The summed E-state index contributed by atoms with van der Waals surface area (Å²) < 4.78 is 0. The minimum absolute atomic E-state index is 0.389. The number of hydrogen-bond acceptors (Lipinski definition) is 5. The van der Waals surface area contributed by atoms with Crippen molar-refractivity contribution in [3.05, 3.63) is 64.0 Å². The van der Waals surface area contributed by atoms with Crippen LogP contribution in [0.5, 0.6) is 0 Å². The minimum Gasteiger partial charge on any atom is -0.369 e. The molecule has 4 rings (SSSR count). The Bertz CT molecular complexity index is 1070. The van der Waals surface area contributed by atoms with Crippen molar-refractivity contribution in [3.63, 3.8) is 0 Å². The number of amides is 1. The van der Waals surface area contributed by atoms with Gasteiger partial charge in [-0.1, -0.05) is 29.3 Å². The van der Waals surface area contributed by atoms with Crippen LogP contribution < -0.4 is 10.6 Å². The number of carbonyl (C=O) groups excluding carboxylic acids is 1. The summed E-state index contributed by atoms with van der Waals surface area (Å²) in [5.74, 6) is -0.485. The zero-order valence-electron chi connectivity index (χ0n) is 16.0. The Morgan fingerprint density at radius 3 is 2.86 bits per heavy atom. The number of nitrogens with zero attached hydrogens (tertiary/aromatic N) is 4. The Morgan fingerprint density at radius 1 is 1.28 bits per heavy atom. The van der Waals surface area contributed by atoms with Crippen LogP contribution in [0.1, 0.15) is 22.3 Å². The van der Waals surface area contributed by atoms with Gasteiger partial charge >= 0.3 is 0 Å². The van der Waals surface area contributed by atoms with Crippen LogP contribution >= 0.6 is 23.2 Å². The Hall–Kier alpha value is -2.41. The number of likely N-dealkylation sites (N-methyl/N-ethyl adjacent to an activating group) is 1. The summed E-state index contributed by atoms with van der Waals surface area (Å²) in [5, 5.41) is 1.99. The smallest absolute Gasteiger partial charge is 0.250 e. The van der Waals surface area contributed by atoms with E-state index < -0.39 is 5.91 Å². The lowest BCUT2D eigenvalue weighted by atomic mass is 10.1. The van der Waals surface area contributed by atoms with E-state index in [1.54, 1.807) is 12.3 Å². The lowest BCUT2D eigenvalue weighted by Gasteiger charge is -2.26. The number of carbonyl (C=O) groups is 1. The average Bonchev–Trinajstić information content (AvgIpc) is 3.20. The molecule has 0 radical (unpaired) electrons. The molecule has 0 bridgehead atoms. The first-order valence-electron chi connectivity index (χ1n) is 9.35. The second kappa shape index (κ2) is 8.14. The van der Waals surface area contributed by atoms with E-state index in [2.05, 4.69) is 26.8 Å². The molecule has 6 nitrogen and oxygen atoms in total. The van der Waals surface area contributed by atoms with Gasteiger partial charge in [0.2, 0.25) is 0 Å². The Balaban J connectivity index is 1.53. The highest BCUT2D eigenvalue weighted by Crippen LogP contribution is 2.31. The second-order valence-electron chi connectivity index (χ2n) is 7.33. The molecule has 8 heteroatoms. The number of fused-ring (bicyclic) bond motifs is 1. The third-order valence-electron chi connectivity index (χ3n) is 5.46. The predicted octanol–water partition coefficient (Wildman–Crippen LogP) is 3.75.